The summed E-state index contributed by atoms with van der Waals surface area (Å²) in [5.74, 6) is 2.03. The first-order valence-corrected chi connectivity index (χ1v) is 19.6. The minimum atomic E-state index is -1.84. The van der Waals surface area contributed by atoms with E-state index in [2.05, 4.69) is 190 Å². The maximum absolute atomic E-state index is 5.25. The van der Waals surface area contributed by atoms with Crippen molar-refractivity contribution in [3.8, 4) is 34.2 Å². The van der Waals surface area contributed by atoms with E-state index in [-0.39, 0.29) is 0 Å². The minimum Gasteiger partial charge on any atom is -0.208 e. The van der Waals surface area contributed by atoms with E-state index in [1.807, 2.05) is 0 Å². The Hall–Kier alpha value is -5.84. The van der Waals surface area contributed by atoms with Gasteiger partial charge in [0.15, 0.2) is 17.5 Å². The molecule has 6 aromatic carbocycles. The number of nitrogens with zero attached hydrogens (tertiary/aromatic N) is 3. The van der Waals surface area contributed by atoms with Crippen molar-refractivity contribution >= 4 is 10.0 Å². The Balaban J connectivity index is 1.33. The zero-order valence-electron chi connectivity index (χ0n) is 29.6. The maximum Gasteiger partial charge on any atom is 0.164 e. The molecule has 7 aromatic rings. The van der Waals surface area contributed by atoms with Gasteiger partial charge in [-0.25, -0.2) is 15.0 Å². The van der Waals surface area contributed by atoms with Crippen LogP contribution in [-0.2, 0) is 6.42 Å². The molecule has 8 rings (SSSR count). The largest absolute Gasteiger partial charge is 0.208 e. The van der Waals surface area contributed by atoms with Crippen molar-refractivity contribution in [1.82, 2.24) is 15.0 Å². The van der Waals surface area contributed by atoms with E-state index in [4.69, 9.17) is 15.0 Å². The molecule has 0 aliphatic heterocycles. The second kappa shape index (κ2) is 14.8. The van der Waals surface area contributed by atoms with Gasteiger partial charge in [-0.3, -0.25) is 0 Å². The quantitative estimate of drug-likeness (QED) is 0.151. The molecule has 52 heavy (non-hydrogen) atoms. The predicted molar refractivity (Wildman–Crippen MR) is 217 cm³/mol. The molecule has 0 amide bonds. The van der Waals surface area contributed by atoms with Gasteiger partial charge in [0.05, 0.1) is 0 Å². The molecule has 3 nitrogen and oxygen atoms in total. The second-order valence-corrected chi connectivity index (χ2v) is 16.4. The molecule has 0 unspecified atom stereocenters. The Morgan fingerprint density at radius 2 is 1.00 bits per heavy atom. The van der Waals surface area contributed by atoms with Crippen LogP contribution in [0.3, 0.4) is 0 Å². The van der Waals surface area contributed by atoms with Gasteiger partial charge in [0.2, 0.25) is 0 Å². The van der Waals surface area contributed by atoms with Crippen LogP contribution >= 0.6 is 10.0 Å². The average molecular weight is 692 g/mol. The fourth-order valence-electron chi connectivity index (χ4n) is 7.27. The Morgan fingerprint density at radius 1 is 0.481 bits per heavy atom. The van der Waals surface area contributed by atoms with E-state index in [9.17, 15) is 0 Å². The van der Waals surface area contributed by atoms with Gasteiger partial charge in [0.25, 0.3) is 0 Å². The van der Waals surface area contributed by atoms with Crippen molar-refractivity contribution < 1.29 is 0 Å². The number of hydrogen-bond donors (Lipinski definition) is 0. The highest BCUT2D eigenvalue weighted by atomic mass is 32.3. The molecule has 1 heterocycles. The van der Waals surface area contributed by atoms with E-state index < -0.39 is 10.0 Å². The summed E-state index contributed by atoms with van der Waals surface area (Å²) in [6.07, 6.45) is 10.1. The first-order valence-electron chi connectivity index (χ1n) is 18.0. The summed E-state index contributed by atoms with van der Waals surface area (Å²) in [7, 11) is -1.84. The lowest BCUT2D eigenvalue weighted by molar-refractivity contribution is 1.03. The van der Waals surface area contributed by atoms with Gasteiger partial charge in [0.1, 0.15) is 0 Å². The lowest BCUT2D eigenvalue weighted by Gasteiger charge is -2.43. The Labute approximate surface area is 308 Å². The monoisotopic (exact) mass is 691 g/mol. The molecule has 0 fully saturated rings. The normalized spacial score (nSPS) is 13.1. The number of hydrogen-bond acceptors (Lipinski definition) is 3. The summed E-state index contributed by atoms with van der Waals surface area (Å²) < 4.78 is 0. The van der Waals surface area contributed by atoms with E-state index in [0.29, 0.717) is 17.5 Å². The molecule has 0 radical (unpaired) electrons. The molecule has 1 aliphatic carbocycles. The summed E-state index contributed by atoms with van der Waals surface area (Å²) in [4.78, 5) is 20.9. The first kappa shape index (κ1) is 33.3. The zero-order valence-corrected chi connectivity index (χ0v) is 30.4. The molecule has 0 bridgehead atoms. The molecule has 0 saturated carbocycles. The lowest BCUT2D eigenvalue weighted by Crippen LogP contribution is -2.08. The number of benzene rings is 6. The summed E-state index contributed by atoms with van der Waals surface area (Å²) in [5.41, 5.74) is 7.77. The van der Waals surface area contributed by atoms with Crippen LogP contribution in [0, 0.1) is 13.8 Å². The Morgan fingerprint density at radius 3 is 1.62 bits per heavy atom. The van der Waals surface area contributed by atoms with Crippen LogP contribution < -0.4 is 0 Å². The molecule has 1 aromatic heterocycles. The fourth-order valence-corrected chi connectivity index (χ4v) is 11.3. The first-order chi connectivity index (χ1) is 25.6. The molecule has 0 atom stereocenters. The smallest absolute Gasteiger partial charge is 0.164 e. The van der Waals surface area contributed by atoms with Gasteiger partial charge in [-0.1, -0.05) is 133 Å². The number of aryl methyl sites for hydroxylation is 2. The van der Waals surface area contributed by atoms with Crippen LogP contribution in [0.1, 0.15) is 35.1 Å². The molecule has 0 spiro atoms. The molecule has 0 N–H and O–H groups in total. The van der Waals surface area contributed by atoms with E-state index >= 15 is 0 Å². The third-order valence-electron chi connectivity index (χ3n) is 9.73. The molecular formula is C48H41N3S. The van der Waals surface area contributed by atoms with Gasteiger partial charge in [0, 0.05) is 31.4 Å². The topological polar surface area (TPSA) is 38.7 Å². The van der Waals surface area contributed by atoms with Crippen LogP contribution in [0.4, 0.5) is 0 Å². The van der Waals surface area contributed by atoms with Gasteiger partial charge >= 0.3 is 0 Å². The van der Waals surface area contributed by atoms with Gasteiger partial charge in [-0.15, -0.1) is 10.0 Å². The Bertz CT molecular complexity index is 2340. The highest BCUT2D eigenvalue weighted by Crippen LogP contribution is 2.74. The van der Waals surface area contributed by atoms with E-state index in [1.165, 1.54) is 30.7 Å². The maximum atomic E-state index is 5.25. The summed E-state index contributed by atoms with van der Waals surface area (Å²) >= 11 is 0. The fraction of sp³-hybridized carbons (Fsp3) is 0.104. The van der Waals surface area contributed by atoms with Gasteiger partial charge in [-0.05, 0) is 103 Å². The molecular weight excluding hydrogens is 651 g/mol. The standard InChI is InChI=1S/C48H41N3S/c1-35-18-15-19-36(2)45(35)48-50-46(39-23-16-22-38(33-39)32-37-20-7-3-8-21-37)49-47(51-48)40-24-17-31-44(34-40)52(41-25-9-4-10-26-41,42-27-11-5-12-28-42)43-29-13-6-14-30-43/h3-5,7-13,15-31,33-34H,6,14,32H2,1-2H3. The Kier molecular flexibility index (Phi) is 9.48. The molecule has 4 heteroatoms. The number of allylic oxidation sites excluding steroid dienone is 3. The summed E-state index contributed by atoms with van der Waals surface area (Å²) in [6.45, 7) is 4.27. The number of aromatic nitrogens is 3. The van der Waals surface area contributed by atoms with Crippen LogP contribution in [0.2, 0.25) is 0 Å². The average Bonchev–Trinajstić information content (AvgIpc) is 3.20. The van der Waals surface area contributed by atoms with Crippen molar-refractivity contribution in [1.29, 1.82) is 0 Å². The zero-order chi connectivity index (χ0) is 35.3. The van der Waals surface area contributed by atoms with Gasteiger partial charge in [-0.2, -0.15) is 0 Å². The van der Waals surface area contributed by atoms with Crippen molar-refractivity contribution in [3.05, 3.63) is 203 Å². The SMILES string of the molecule is Cc1cccc(C)c1-c1nc(-c2cccc(Cc3ccccc3)c2)nc(-c2cccc(S(C3=CCCC=C3)(c3ccccc3)c3ccccc3)c2)n1. The van der Waals surface area contributed by atoms with Crippen LogP contribution in [0.15, 0.2) is 196 Å². The van der Waals surface area contributed by atoms with E-state index in [1.54, 1.807) is 0 Å². The molecule has 0 saturated heterocycles. The van der Waals surface area contributed by atoms with Crippen molar-refractivity contribution in [3.63, 3.8) is 0 Å². The van der Waals surface area contributed by atoms with Crippen LogP contribution in [0.5, 0.6) is 0 Å². The molecule has 254 valence electrons. The second-order valence-electron chi connectivity index (χ2n) is 13.3. The van der Waals surface area contributed by atoms with Gasteiger partial charge < -0.3 is 0 Å². The summed E-state index contributed by atoms with van der Waals surface area (Å²) in [6, 6.07) is 56.6. The third kappa shape index (κ3) is 6.54. The third-order valence-corrected chi connectivity index (χ3v) is 13.7. The van der Waals surface area contributed by atoms with E-state index in [0.717, 1.165) is 47.1 Å². The predicted octanol–water partition coefficient (Wildman–Crippen LogP) is 12.6. The summed E-state index contributed by atoms with van der Waals surface area (Å²) in [5, 5.41) is 0. The van der Waals surface area contributed by atoms with Crippen molar-refractivity contribution in [2.45, 2.75) is 47.8 Å². The molecule has 1 aliphatic rings. The highest BCUT2D eigenvalue weighted by molar-refractivity contribution is 8.37. The highest BCUT2D eigenvalue weighted by Gasteiger charge is 2.34. The van der Waals surface area contributed by atoms with Crippen molar-refractivity contribution in [2.75, 3.05) is 0 Å². The lowest BCUT2D eigenvalue weighted by atomic mass is 10.0. The van der Waals surface area contributed by atoms with Crippen LogP contribution in [-0.4, -0.2) is 15.0 Å². The minimum absolute atomic E-state index is 0.667. The van der Waals surface area contributed by atoms with Crippen molar-refractivity contribution in [2.24, 2.45) is 0 Å². The number of rotatable bonds is 9. The van der Waals surface area contributed by atoms with Crippen LogP contribution in [0.25, 0.3) is 34.2 Å².